The van der Waals surface area contributed by atoms with Gasteiger partial charge in [-0.25, -0.2) is 0 Å². The number of anilines is 1. The van der Waals surface area contributed by atoms with Crippen LogP contribution in [0.15, 0.2) is 47.6 Å². The summed E-state index contributed by atoms with van der Waals surface area (Å²) < 4.78 is 6.70. The van der Waals surface area contributed by atoms with Crippen molar-refractivity contribution in [1.82, 2.24) is 20.2 Å². The number of amides is 1. The Hall–Kier alpha value is -2.58. The third kappa shape index (κ3) is 3.75. The maximum Gasteiger partial charge on any atom is 0.255 e. The lowest BCUT2D eigenvalue weighted by Crippen LogP contribution is -2.12. The number of hydrogen-bond donors (Lipinski definition) is 1. The second-order valence-corrected chi connectivity index (χ2v) is 6.11. The average Bonchev–Trinajstić information content (AvgIpc) is 3.11. The van der Waals surface area contributed by atoms with Gasteiger partial charge in [0.25, 0.3) is 5.91 Å². The van der Waals surface area contributed by atoms with Gasteiger partial charge in [0.1, 0.15) is 5.75 Å². The normalized spacial score (nSPS) is 10.5. The zero-order chi connectivity index (χ0) is 17.8. The maximum atomic E-state index is 12.4. The third-order valence-electron chi connectivity index (χ3n) is 3.41. The number of methoxy groups -OCH3 is 1. The Morgan fingerprint density at radius 1 is 1.24 bits per heavy atom. The molecule has 3 rings (SSSR count). The van der Waals surface area contributed by atoms with Gasteiger partial charge in [0, 0.05) is 11.3 Å². The van der Waals surface area contributed by atoms with Gasteiger partial charge in [0.05, 0.1) is 17.8 Å². The number of rotatable bonds is 5. The fraction of sp³-hybridized carbons (Fsp3) is 0.125. The van der Waals surface area contributed by atoms with Crippen molar-refractivity contribution in [1.29, 1.82) is 0 Å². The zero-order valence-electron chi connectivity index (χ0n) is 13.4. The SMILES string of the molecule is COc1ccc(NC(=O)c2ccc(-n3nnnc3SC)cc2)cc1Cl. The number of carbonyl (C=O) groups is 1. The molecule has 1 aromatic heterocycles. The summed E-state index contributed by atoms with van der Waals surface area (Å²) in [4.78, 5) is 12.4. The molecule has 0 fully saturated rings. The van der Waals surface area contributed by atoms with Crippen LogP contribution in [0.25, 0.3) is 5.69 Å². The highest BCUT2D eigenvalue weighted by Crippen LogP contribution is 2.27. The standard InChI is InChI=1S/C16H14ClN5O2S/c1-24-14-8-5-11(9-13(14)17)18-15(23)10-3-6-12(7-4-10)22-16(25-2)19-20-21-22/h3-9H,1-2H3,(H,18,23). The van der Waals surface area contributed by atoms with E-state index in [1.54, 1.807) is 47.1 Å². The highest BCUT2D eigenvalue weighted by atomic mass is 35.5. The Labute approximate surface area is 153 Å². The summed E-state index contributed by atoms with van der Waals surface area (Å²) in [5, 5.41) is 15.4. The molecule has 0 saturated heterocycles. The van der Waals surface area contributed by atoms with E-state index in [0.717, 1.165) is 5.69 Å². The smallest absolute Gasteiger partial charge is 0.255 e. The van der Waals surface area contributed by atoms with E-state index < -0.39 is 0 Å². The first kappa shape index (κ1) is 17.2. The Morgan fingerprint density at radius 3 is 2.64 bits per heavy atom. The molecule has 0 bridgehead atoms. The number of aromatic nitrogens is 4. The Morgan fingerprint density at radius 2 is 2.00 bits per heavy atom. The molecule has 0 saturated carbocycles. The van der Waals surface area contributed by atoms with Crippen molar-refractivity contribution < 1.29 is 9.53 Å². The average molecular weight is 376 g/mol. The summed E-state index contributed by atoms with van der Waals surface area (Å²) in [5.41, 5.74) is 1.87. The predicted molar refractivity (Wildman–Crippen MR) is 96.9 cm³/mol. The van der Waals surface area contributed by atoms with Crippen LogP contribution in [0.3, 0.4) is 0 Å². The molecule has 3 aromatic rings. The lowest BCUT2D eigenvalue weighted by atomic mass is 10.2. The van der Waals surface area contributed by atoms with Crippen LogP contribution in [0.1, 0.15) is 10.4 Å². The van der Waals surface area contributed by atoms with Gasteiger partial charge in [-0.15, -0.1) is 5.10 Å². The van der Waals surface area contributed by atoms with E-state index in [9.17, 15) is 4.79 Å². The van der Waals surface area contributed by atoms with Gasteiger partial charge < -0.3 is 10.1 Å². The van der Waals surface area contributed by atoms with Gasteiger partial charge in [-0.1, -0.05) is 23.4 Å². The molecule has 0 atom stereocenters. The van der Waals surface area contributed by atoms with Crippen LogP contribution >= 0.6 is 23.4 Å². The van der Waals surface area contributed by atoms with Crippen molar-refractivity contribution in [2.45, 2.75) is 5.16 Å². The number of halogens is 1. The number of ether oxygens (including phenoxy) is 1. The molecular formula is C16H14ClN5O2S. The van der Waals surface area contributed by atoms with E-state index in [2.05, 4.69) is 20.8 Å². The quantitative estimate of drug-likeness (QED) is 0.689. The summed E-state index contributed by atoms with van der Waals surface area (Å²) in [6.45, 7) is 0. The summed E-state index contributed by atoms with van der Waals surface area (Å²) >= 11 is 7.50. The van der Waals surface area contributed by atoms with E-state index in [-0.39, 0.29) is 5.91 Å². The number of benzene rings is 2. The van der Waals surface area contributed by atoms with E-state index in [4.69, 9.17) is 16.3 Å². The molecule has 7 nitrogen and oxygen atoms in total. The first-order chi connectivity index (χ1) is 12.1. The zero-order valence-corrected chi connectivity index (χ0v) is 15.0. The molecular weight excluding hydrogens is 362 g/mol. The molecule has 9 heteroatoms. The van der Waals surface area contributed by atoms with E-state index in [1.165, 1.54) is 18.9 Å². The first-order valence-corrected chi connectivity index (χ1v) is 8.80. The molecule has 0 unspecified atom stereocenters. The van der Waals surface area contributed by atoms with Gasteiger partial charge in [0.2, 0.25) is 5.16 Å². The topological polar surface area (TPSA) is 81.9 Å². The first-order valence-electron chi connectivity index (χ1n) is 7.20. The van der Waals surface area contributed by atoms with Crippen LogP contribution in [-0.2, 0) is 0 Å². The highest BCUT2D eigenvalue weighted by Gasteiger charge is 2.10. The molecule has 1 amide bonds. The van der Waals surface area contributed by atoms with Crippen molar-refractivity contribution in [3.05, 3.63) is 53.1 Å². The molecule has 1 N–H and O–H groups in total. The number of tetrazole rings is 1. The second-order valence-electron chi connectivity index (χ2n) is 4.93. The molecule has 0 aliphatic heterocycles. The monoisotopic (exact) mass is 375 g/mol. The summed E-state index contributed by atoms with van der Waals surface area (Å²) in [7, 11) is 1.54. The number of nitrogens with one attached hydrogen (secondary N) is 1. The van der Waals surface area contributed by atoms with Crippen molar-refractivity contribution >= 4 is 35.0 Å². The van der Waals surface area contributed by atoms with Crippen molar-refractivity contribution in [3.8, 4) is 11.4 Å². The van der Waals surface area contributed by atoms with Crippen LogP contribution in [-0.4, -0.2) is 39.5 Å². The van der Waals surface area contributed by atoms with Gasteiger partial charge in [-0.05, 0) is 59.1 Å². The fourth-order valence-corrected chi connectivity index (χ4v) is 2.86. The Kier molecular flexibility index (Phi) is 5.20. The largest absolute Gasteiger partial charge is 0.495 e. The van der Waals surface area contributed by atoms with E-state index >= 15 is 0 Å². The van der Waals surface area contributed by atoms with Crippen LogP contribution in [0.4, 0.5) is 5.69 Å². The minimum absolute atomic E-state index is 0.241. The highest BCUT2D eigenvalue weighted by molar-refractivity contribution is 7.98. The Bertz CT molecular complexity index is 898. The van der Waals surface area contributed by atoms with Crippen molar-refractivity contribution in [3.63, 3.8) is 0 Å². The summed E-state index contributed by atoms with van der Waals surface area (Å²) in [6, 6.07) is 12.0. The molecule has 1 heterocycles. The summed E-state index contributed by atoms with van der Waals surface area (Å²) in [6.07, 6.45) is 1.89. The molecule has 25 heavy (non-hydrogen) atoms. The van der Waals surface area contributed by atoms with E-state index in [1.807, 2.05) is 6.26 Å². The maximum absolute atomic E-state index is 12.4. The predicted octanol–water partition coefficient (Wildman–Crippen LogP) is 3.30. The van der Waals surface area contributed by atoms with Crippen LogP contribution in [0, 0.1) is 0 Å². The van der Waals surface area contributed by atoms with Crippen LogP contribution in [0.5, 0.6) is 5.75 Å². The molecule has 0 aliphatic rings. The Balaban J connectivity index is 1.76. The summed E-state index contributed by atoms with van der Waals surface area (Å²) in [5.74, 6) is 0.310. The number of thioether (sulfide) groups is 1. The minimum atomic E-state index is -0.241. The lowest BCUT2D eigenvalue weighted by Gasteiger charge is -2.09. The van der Waals surface area contributed by atoms with Gasteiger partial charge >= 0.3 is 0 Å². The molecule has 0 radical (unpaired) electrons. The van der Waals surface area contributed by atoms with Gasteiger partial charge in [-0.2, -0.15) is 4.68 Å². The minimum Gasteiger partial charge on any atom is -0.495 e. The van der Waals surface area contributed by atoms with Gasteiger partial charge in [0.15, 0.2) is 0 Å². The second kappa shape index (κ2) is 7.54. The molecule has 2 aromatic carbocycles. The third-order valence-corrected chi connectivity index (χ3v) is 4.32. The molecule has 0 aliphatic carbocycles. The molecule has 128 valence electrons. The lowest BCUT2D eigenvalue weighted by molar-refractivity contribution is 0.102. The number of hydrogen-bond acceptors (Lipinski definition) is 6. The fourth-order valence-electron chi connectivity index (χ4n) is 2.17. The number of nitrogens with zero attached hydrogens (tertiary/aromatic N) is 4. The van der Waals surface area contributed by atoms with Crippen molar-refractivity contribution in [2.75, 3.05) is 18.7 Å². The molecule has 0 spiro atoms. The van der Waals surface area contributed by atoms with Crippen molar-refractivity contribution in [2.24, 2.45) is 0 Å². The van der Waals surface area contributed by atoms with Crippen LogP contribution < -0.4 is 10.1 Å². The van der Waals surface area contributed by atoms with E-state index in [0.29, 0.717) is 27.2 Å². The van der Waals surface area contributed by atoms with Gasteiger partial charge in [-0.3, -0.25) is 4.79 Å². The van der Waals surface area contributed by atoms with Crippen LogP contribution in [0.2, 0.25) is 5.02 Å². The number of carbonyl (C=O) groups excluding carboxylic acids is 1.